The monoisotopic (exact) mass is 407 g/mol. The van der Waals surface area contributed by atoms with Crippen molar-refractivity contribution in [3.63, 3.8) is 0 Å². The molecule has 0 bridgehead atoms. The third-order valence-corrected chi connectivity index (χ3v) is 5.36. The highest BCUT2D eigenvalue weighted by Crippen LogP contribution is 2.36. The van der Waals surface area contributed by atoms with E-state index in [4.69, 9.17) is 0 Å². The Balaban J connectivity index is 1.87. The highest BCUT2D eigenvalue weighted by atomic mass is 79.9. The maximum atomic E-state index is 12.6. The van der Waals surface area contributed by atoms with Crippen molar-refractivity contribution >= 4 is 37.8 Å². The second-order valence-corrected chi connectivity index (χ2v) is 7.38. The van der Waals surface area contributed by atoms with Gasteiger partial charge in [0, 0.05) is 9.30 Å². The van der Waals surface area contributed by atoms with Gasteiger partial charge >= 0.3 is 0 Å². The molecule has 2 unspecified atom stereocenters. The Kier molecular flexibility index (Phi) is 4.18. The van der Waals surface area contributed by atoms with E-state index in [-0.39, 0.29) is 16.8 Å². The predicted molar refractivity (Wildman–Crippen MR) is 91.9 cm³/mol. The number of alkyl halides is 1. The van der Waals surface area contributed by atoms with E-state index in [0.717, 1.165) is 16.5 Å². The largest absolute Gasteiger partial charge is 0.344 e. The lowest BCUT2D eigenvalue weighted by atomic mass is 10.1. The van der Waals surface area contributed by atoms with Gasteiger partial charge < -0.3 is 5.32 Å². The minimum Gasteiger partial charge on any atom is -0.344 e. The van der Waals surface area contributed by atoms with Gasteiger partial charge in [0.1, 0.15) is 0 Å². The van der Waals surface area contributed by atoms with Gasteiger partial charge in [0.25, 0.3) is 5.91 Å². The summed E-state index contributed by atoms with van der Waals surface area (Å²) in [7, 11) is 0. The summed E-state index contributed by atoms with van der Waals surface area (Å²) < 4.78 is 0.822. The fourth-order valence-electron chi connectivity index (χ4n) is 2.75. The Morgan fingerprint density at radius 3 is 2.81 bits per heavy atom. The first-order chi connectivity index (χ1) is 10.1. The molecule has 0 radical (unpaired) electrons. The van der Waals surface area contributed by atoms with Gasteiger partial charge in [-0.25, -0.2) is 0 Å². The molecule has 108 valence electrons. The van der Waals surface area contributed by atoms with Crippen LogP contribution >= 0.6 is 31.9 Å². The lowest BCUT2D eigenvalue weighted by Crippen LogP contribution is -2.31. The Morgan fingerprint density at radius 2 is 2.00 bits per heavy atom. The lowest BCUT2D eigenvalue weighted by molar-refractivity contribution is 0.0937. The smallest absolute Gasteiger partial charge is 0.252 e. The van der Waals surface area contributed by atoms with Gasteiger partial charge in [-0.05, 0) is 52.5 Å². The molecule has 2 aromatic carbocycles. The van der Waals surface area contributed by atoms with Gasteiger partial charge in [0.05, 0.1) is 11.6 Å². The summed E-state index contributed by atoms with van der Waals surface area (Å²) in [5.41, 5.74) is 4.26. The summed E-state index contributed by atoms with van der Waals surface area (Å²) in [5.74, 6) is -0.0447. The number of aryl methyl sites for hydroxylation is 1. The number of benzene rings is 2. The van der Waals surface area contributed by atoms with Crippen LogP contribution in [0.15, 0.2) is 46.9 Å². The van der Waals surface area contributed by atoms with E-state index in [9.17, 15) is 4.79 Å². The van der Waals surface area contributed by atoms with Crippen molar-refractivity contribution in [2.45, 2.75) is 24.2 Å². The van der Waals surface area contributed by atoms with Crippen molar-refractivity contribution in [1.82, 2.24) is 5.32 Å². The summed E-state index contributed by atoms with van der Waals surface area (Å²) >= 11 is 7.15. The molecule has 0 aliphatic heterocycles. The molecule has 0 saturated carbocycles. The molecule has 0 spiro atoms. The van der Waals surface area contributed by atoms with Crippen molar-refractivity contribution in [3.05, 3.63) is 69.2 Å². The molecule has 2 aromatic rings. The number of carbonyl (C=O) groups is 1. The van der Waals surface area contributed by atoms with Crippen LogP contribution in [0.3, 0.4) is 0 Å². The number of hydrogen-bond donors (Lipinski definition) is 1. The van der Waals surface area contributed by atoms with Crippen molar-refractivity contribution in [2.24, 2.45) is 0 Å². The van der Waals surface area contributed by atoms with Crippen molar-refractivity contribution in [1.29, 1.82) is 0 Å². The van der Waals surface area contributed by atoms with Crippen LogP contribution in [0.1, 0.15) is 33.1 Å². The molecule has 1 amide bonds. The predicted octanol–water partition coefficient (Wildman–Crippen LogP) is 4.55. The maximum absolute atomic E-state index is 12.6. The van der Waals surface area contributed by atoms with Crippen LogP contribution in [0.25, 0.3) is 0 Å². The minimum absolute atomic E-state index is 0.0149. The summed E-state index contributed by atoms with van der Waals surface area (Å²) in [6.07, 6.45) is 0.941. The van der Waals surface area contributed by atoms with Gasteiger partial charge in [-0.3, -0.25) is 4.79 Å². The highest BCUT2D eigenvalue weighted by molar-refractivity contribution is 9.10. The van der Waals surface area contributed by atoms with Crippen LogP contribution in [-0.2, 0) is 6.42 Å². The highest BCUT2D eigenvalue weighted by Gasteiger charge is 2.31. The number of amides is 1. The molecule has 1 aliphatic carbocycles. The van der Waals surface area contributed by atoms with E-state index in [1.54, 1.807) is 0 Å². The molecule has 0 heterocycles. The molecule has 0 saturated heterocycles. The first kappa shape index (κ1) is 14.8. The SMILES string of the molecule is Cc1ccc(Br)c(C(=O)NC2c3ccccc3CC2Br)c1. The van der Waals surface area contributed by atoms with Gasteiger partial charge in [0.15, 0.2) is 0 Å². The number of nitrogens with one attached hydrogen (secondary N) is 1. The second-order valence-electron chi connectivity index (χ2n) is 5.35. The van der Waals surface area contributed by atoms with Crippen molar-refractivity contribution in [2.75, 3.05) is 0 Å². The minimum atomic E-state index is -0.0447. The van der Waals surface area contributed by atoms with Crippen LogP contribution in [0, 0.1) is 6.92 Å². The molecule has 0 fully saturated rings. The maximum Gasteiger partial charge on any atom is 0.252 e. The number of fused-ring (bicyclic) bond motifs is 1. The van der Waals surface area contributed by atoms with E-state index in [2.05, 4.69) is 49.3 Å². The number of halogens is 2. The lowest BCUT2D eigenvalue weighted by Gasteiger charge is -2.18. The third kappa shape index (κ3) is 2.92. The molecule has 3 rings (SSSR count). The molecule has 1 aliphatic rings. The average Bonchev–Trinajstić information content (AvgIpc) is 2.78. The van der Waals surface area contributed by atoms with E-state index in [1.807, 2.05) is 37.3 Å². The van der Waals surface area contributed by atoms with E-state index < -0.39 is 0 Å². The number of hydrogen-bond acceptors (Lipinski definition) is 1. The summed E-state index contributed by atoms with van der Waals surface area (Å²) in [4.78, 5) is 12.8. The first-order valence-electron chi connectivity index (χ1n) is 6.85. The zero-order valence-corrected chi connectivity index (χ0v) is 14.7. The molecule has 4 heteroatoms. The topological polar surface area (TPSA) is 29.1 Å². The first-order valence-corrected chi connectivity index (χ1v) is 8.56. The number of carbonyl (C=O) groups excluding carboxylic acids is 1. The Morgan fingerprint density at radius 1 is 1.24 bits per heavy atom. The Hall–Kier alpha value is -1.13. The molecular weight excluding hydrogens is 394 g/mol. The van der Waals surface area contributed by atoms with Crippen molar-refractivity contribution < 1.29 is 4.79 Å². The standard InChI is InChI=1S/C17H15Br2NO/c1-10-6-7-14(18)13(8-10)17(21)20-16-12-5-3-2-4-11(12)9-15(16)19/h2-8,15-16H,9H2,1H3,(H,20,21). The molecule has 1 N–H and O–H groups in total. The van der Waals surface area contributed by atoms with Crippen LogP contribution < -0.4 is 5.32 Å². The van der Waals surface area contributed by atoms with Crippen LogP contribution in [-0.4, -0.2) is 10.7 Å². The van der Waals surface area contributed by atoms with E-state index in [1.165, 1.54) is 11.1 Å². The number of rotatable bonds is 2. The average molecular weight is 409 g/mol. The zero-order chi connectivity index (χ0) is 15.0. The van der Waals surface area contributed by atoms with Crippen molar-refractivity contribution in [3.8, 4) is 0 Å². The molecular formula is C17H15Br2NO. The molecule has 2 atom stereocenters. The fraction of sp³-hybridized carbons (Fsp3) is 0.235. The van der Waals surface area contributed by atoms with E-state index >= 15 is 0 Å². The van der Waals surface area contributed by atoms with Crippen LogP contribution in [0.2, 0.25) is 0 Å². The van der Waals surface area contributed by atoms with Gasteiger partial charge in [-0.15, -0.1) is 0 Å². The van der Waals surface area contributed by atoms with Gasteiger partial charge in [-0.2, -0.15) is 0 Å². The summed E-state index contributed by atoms with van der Waals surface area (Å²) in [6.45, 7) is 1.99. The molecule has 0 aromatic heterocycles. The normalized spacial score (nSPS) is 20.1. The Bertz CT molecular complexity index is 699. The summed E-state index contributed by atoms with van der Waals surface area (Å²) in [6, 6.07) is 14.1. The second kappa shape index (κ2) is 5.93. The van der Waals surface area contributed by atoms with Crippen LogP contribution in [0.5, 0.6) is 0 Å². The molecule has 21 heavy (non-hydrogen) atoms. The quantitative estimate of drug-likeness (QED) is 0.725. The van der Waals surface area contributed by atoms with Crippen LogP contribution in [0.4, 0.5) is 0 Å². The van der Waals surface area contributed by atoms with Gasteiger partial charge in [-0.1, -0.05) is 51.8 Å². The molecule has 2 nitrogen and oxygen atoms in total. The van der Waals surface area contributed by atoms with E-state index in [0.29, 0.717) is 5.56 Å². The summed E-state index contributed by atoms with van der Waals surface area (Å²) in [5, 5.41) is 3.15. The van der Waals surface area contributed by atoms with Gasteiger partial charge in [0.2, 0.25) is 0 Å². The Labute approximate surface area is 141 Å². The fourth-order valence-corrected chi connectivity index (χ4v) is 3.94. The third-order valence-electron chi connectivity index (χ3n) is 3.82. The zero-order valence-electron chi connectivity index (χ0n) is 11.6.